The van der Waals surface area contributed by atoms with Crippen molar-refractivity contribution in [2.45, 2.75) is 12.8 Å². The Labute approximate surface area is 133 Å². The van der Waals surface area contributed by atoms with Crippen LogP contribution in [-0.2, 0) is 6.42 Å². The first kappa shape index (κ1) is 14.9. The molecule has 6 heteroatoms. The fourth-order valence-corrected chi connectivity index (χ4v) is 3.29. The molecule has 5 nitrogen and oxygen atoms in total. The van der Waals surface area contributed by atoms with Crippen LogP contribution < -0.4 is 15.2 Å². The second-order valence-corrected chi connectivity index (χ2v) is 5.80. The summed E-state index contributed by atoms with van der Waals surface area (Å²) in [5, 5.41) is 2.05. The standard InChI is InChI=1S/C16H19N3O2S/c1-20-13-6-5-11(10-14(13)21-2)15-12(4-3-7-17)19-8-9-22-16(19)18-15/h5-6,8-10H,3-4,7,17H2,1-2H3. The topological polar surface area (TPSA) is 61.8 Å². The van der Waals surface area contributed by atoms with Crippen LogP contribution >= 0.6 is 11.3 Å². The van der Waals surface area contributed by atoms with E-state index in [9.17, 15) is 0 Å². The smallest absolute Gasteiger partial charge is 0.194 e. The minimum Gasteiger partial charge on any atom is -0.493 e. The van der Waals surface area contributed by atoms with E-state index in [1.54, 1.807) is 25.6 Å². The number of rotatable bonds is 6. The van der Waals surface area contributed by atoms with Crippen molar-refractivity contribution in [3.05, 3.63) is 35.5 Å². The van der Waals surface area contributed by atoms with Gasteiger partial charge in [0.25, 0.3) is 0 Å². The lowest BCUT2D eigenvalue weighted by molar-refractivity contribution is 0.355. The first-order chi connectivity index (χ1) is 10.8. The molecule has 3 rings (SSSR count). The van der Waals surface area contributed by atoms with Gasteiger partial charge in [0.1, 0.15) is 0 Å². The monoisotopic (exact) mass is 317 g/mol. The Morgan fingerprint density at radius 1 is 1.23 bits per heavy atom. The molecule has 0 bridgehead atoms. The highest BCUT2D eigenvalue weighted by atomic mass is 32.1. The summed E-state index contributed by atoms with van der Waals surface area (Å²) < 4.78 is 12.8. The second kappa shape index (κ2) is 6.37. The van der Waals surface area contributed by atoms with Crippen molar-refractivity contribution in [1.29, 1.82) is 0 Å². The van der Waals surface area contributed by atoms with Crippen LogP contribution in [0, 0.1) is 0 Å². The number of imidazole rings is 1. The third-order valence-electron chi connectivity index (χ3n) is 3.64. The van der Waals surface area contributed by atoms with Gasteiger partial charge in [0.05, 0.1) is 25.6 Å². The number of ether oxygens (including phenoxy) is 2. The molecule has 0 aliphatic carbocycles. The molecule has 0 aliphatic rings. The lowest BCUT2D eigenvalue weighted by Gasteiger charge is -2.09. The van der Waals surface area contributed by atoms with E-state index in [1.807, 2.05) is 23.6 Å². The number of fused-ring (bicyclic) bond motifs is 1. The van der Waals surface area contributed by atoms with Gasteiger partial charge in [-0.1, -0.05) is 0 Å². The van der Waals surface area contributed by atoms with Crippen molar-refractivity contribution in [2.75, 3.05) is 20.8 Å². The maximum absolute atomic E-state index is 5.67. The number of benzene rings is 1. The summed E-state index contributed by atoms with van der Waals surface area (Å²) in [6.07, 6.45) is 3.89. The van der Waals surface area contributed by atoms with E-state index in [0.717, 1.165) is 34.8 Å². The molecule has 2 N–H and O–H groups in total. The lowest BCUT2D eigenvalue weighted by atomic mass is 10.1. The van der Waals surface area contributed by atoms with Crippen molar-refractivity contribution in [3.63, 3.8) is 0 Å². The molecule has 0 amide bonds. The molecule has 0 saturated carbocycles. The zero-order valence-electron chi connectivity index (χ0n) is 12.7. The van der Waals surface area contributed by atoms with Gasteiger partial charge in [0.2, 0.25) is 0 Å². The molecule has 0 saturated heterocycles. The summed E-state index contributed by atoms with van der Waals surface area (Å²) in [6, 6.07) is 5.89. The number of hydrogen-bond acceptors (Lipinski definition) is 5. The summed E-state index contributed by atoms with van der Waals surface area (Å²) >= 11 is 1.63. The van der Waals surface area contributed by atoms with Crippen LogP contribution in [0.1, 0.15) is 12.1 Å². The van der Waals surface area contributed by atoms with E-state index in [-0.39, 0.29) is 0 Å². The van der Waals surface area contributed by atoms with Crippen LogP contribution in [0.15, 0.2) is 29.8 Å². The van der Waals surface area contributed by atoms with Crippen molar-refractivity contribution in [1.82, 2.24) is 9.38 Å². The molecule has 0 fully saturated rings. The predicted molar refractivity (Wildman–Crippen MR) is 89.0 cm³/mol. The molecule has 116 valence electrons. The van der Waals surface area contributed by atoms with Gasteiger partial charge < -0.3 is 15.2 Å². The highest BCUT2D eigenvalue weighted by molar-refractivity contribution is 7.15. The molecule has 0 aliphatic heterocycles. The molecule has 22 heavy (non-hydrogen) atoms. The van der Waals surface area contributed by atoms with Gasteiger partial charge >= 0.3 is 0 Å². The number of hydrogen-bond donors (Lipinski definition) is 1. The molecule has 1 aromatic carbocycles. The molecule has 0 radical (unpaired) electrons. The average molecular weight is 317 g/mol. The van der Waals surface area contributed by atoms with Crippen LogP contribution in [0.3, 0.4) is 0 Å². The van der Waals surface area contributed by atoms with E-state index in [1.165, 1.54) is 5.69 Å². The van der Waals surface area contributed by atoms with Crippen LogP contribution in [0.5, 0.6) is 11.5 Å². The van der Waals surface area contributed by atoms with Gasteiger partial charge in [-0.2, -0.15) is 0 Å². The van der Waals surface area contributed by atoms with E-state index >= 15 is 0 Å². The van der Waals surface area contributed by atoms with E-state index in [0.29, 0.717) is 12.3 Å². The Balaban J connectivity index is 2.10. The number of methoxy groups -OCH3 is 2. The van der Waals surface area contributed by atoms with Crippen LogP contribution in [0.25, 0.3) is 16.2 Å². The highest BCUT2D eigenvalue weighted by Gasteiger charge is 2.16. The molecule has 0 spiro atoms. The van der Waals surface area contributed by atoms with E-state index in [2.05, 4.69) is 10.6 Å². The fraction of sp³-hybridized carbons (Fsp3) is 0.312. The largest absolute Gasteiger partial charge is 0.493 e. The third-order valence-corrected chi connectivity index (χ3v) is 4.39. The Hall–Kier alpha value is -2.05. The summed E-state index contributed by atoms with van der Waals surface area (Å²) in [5.41, 5.74) is 8.88. The number of nitrogens with two attached hydrogens (primary N) is 1. The molecular formula is C16H19N3O2S. The Morgan fingerprint density at radius 3 is 2.77 bits per heavy atom. The Morgan fingerprint density at radius 2 is 2.05 bits per heavy atom. The molecule has 2 heterocycles. The van der Waals surface area contributed by atoms with E-state index in [4.69, 9.17) is 20.2 Å². The fourth-order valence-electron chi connectivity index (χ4n) is 2.56. The van der Waals surface area contributed by atoms with Gasteiger partial charge in [0, 0.05) is 17.1 Å². The maximum atomic E-state index is 5.67. The number of aryl methyl sites for hydroxylation is 1. The van der Waals surface area contributed by atoms with Gasteiger partial charge in [0.15, 0.2) is 16.5 Å². The first-order valence-corrected chi connectivity index (χ1v) is 8.03. The summed E-state index contributed by atoms with van der Waals surface area (Å²) in [7, 11) is 3.28. The predicted octanol–water partition coefficient (Wildman–Crippen LogP) is 2.97. The molecular weight excluding hydrogens is 298 g/mol. The number of thiazole rings is 1. The number of aromatic nitrogens is 2. The normalized spacial score (nSPS) is 11.0. The minimum atomic E-state index is 0.669. The van der Waals surface area contributed by atoms with Crippen molar-refractivity contribution in [2.24, 2.45) is 5.73 Å². The first-order valence-electron chi connectivity index (χ1n) is 7.15. The van der Waals surface area contributed by atoms with Crippen LogP contribution in [0.4, 0.5) is 0 Å². The van der Waals surface area contributed by atoms with Gasteiger partial charge in [-0.3, -0.25) is 4.40 Å². The second-order valence-electron chi connectivity index (χ2n) is 4.92. The van der Waals surface area contributed by atoms with Crippen molar-refractivity contribution >= 4 is 16.3 Å². The van der Waals surface area contributed by atoms with Gasteiger partial charge in [-0.25, -0.2) is 4.98 Å². The van der Waals surface area contributed by atoms with E-state index < -0.39 is 0 Å². The minimum absolute atomic E-state index is 0.669. The Kier molecular flexibility index (Phi) is 4.31. The molecule has 0 unspecified atom stereocenters. The SMILES string of the molecule is COc1ccc(-c2nc3sccn3c2CCCN)cc1OC. The summed E-state index contributed by atoms with van der Waals surface area (Å²) in [5.74, 6) is 1.43. The molecule has 0 atom stereocenters. The third kappa shape index (κ3) is 2.55. The average Bonchev–Trinajstić information content (AvgIpc) is 3.13. The van der Waals surface area contributed by atoms with Crippen molar-refractivity contribution < 1.29 is 9.47 Å². The zero-order chi connectivity index (χ0) is 15.5. The van der Waals surface area contributed by atoms with Gasteiger partial charge in [-0.05, 0) is 37.6 Å². The van der Waals surface area contributed by atoms with Crippen molar-refractivity contribution in [3.8, 4) is 22.8 Å². The quantitative estimate of drug-likeness (QED) is 0.759. The Bertz CT molecular complexity index is 779. The maximum Gasteiger partial charge on any atom is 0.194 e. The highest BCUT2D eigenvalue weighted by Crippen LogP contribution is 2.34. The van der Waals surface area contributed by atoms with Gasteiger partial charge in [-0.15, -0.1) is 11.3 Å². The molecule has 3 aromatic rings. The summed E-state index contributed by atoms with van der Waals surface area (Å²) in [6.45, 7) is 0.669. The van der Waals surface area contributed by atoms with Crippen LogP contribution in [-0.4, -0.2) is 30.1 Å². The number of nitrogens with zero attached hydrogens (tertiary/aromatic N) is 2. The molecule has 2 aromatic heterocycles. The lowest BCUT2D eigenvalue weighted by Crippen LogP contribution is -2.02. The summed E-state index contributed by atoms with van der Waals surface area (Å²) in [4.78, 5) is 5.77. The van der Waals surface area contributed by atoms with Crippen LogP contribution in [0.2, 0.25) is 0 Å². The zero-order valence-corrected chi connectivity index (χ0v) is 13.5.